The molecule has 0 spiro atoms. The van der Waals surface area contributed by atoms with Gasteiger partial charge in [0.1, 0.15) is 11.6 Å². The Morgan fingerprint density at radius 3 is 2.05 bits per heavy atom. The molecule has 0 radical (unpaired) electrons. The minimum absolute atomic E-state index is 0.343. The minimum atomic E-state index is -4.72. The predicted molar refractivity (Wildman–Crippen MR) is 56.6 cm³/mol. The van der Waals surface area contributed by atoms with Gasteiger partial charge in [-0.15, -0.1) is 0 Å². The molecule has 4 nitrogen and oxygen atoms in total. The number of nitrogens with one attached hydrogen (secondary N) is 1. The summed E-state index contributed by atoms with van der Waals surface area (Å²) < 4.78 is 86.6. The highest BCUT2D eigenvalue weighted by molar-refractivity contribution is 7.89. The SMILES string of the molecule is Nc1cc(F)c(S(=O)(=O)NCCC(F)(F)F)c(F)c1. The van der Waals surface area contributed by atoms with Crippen LogP contribution in [0.4, 0.5) is 27.6 Å². The molecular weight excluding hydrogens is 295 g/mol. The summed E-state index contributed by atoms with van der Waals surface area (Å²) in [6.45, 7) is -1.02. The Kier molecular flexibility index (Phi) is 4.35. The van der Waals surface area contributed by atoms with Gasteiger partial charge in [-0.3, -0.25) is 0 Å². The van der Waals surface area contributed by atoms with Crippen LogP contribution >= 0.6 is 0 Å². The normalized spacial score (nSPS) is 12.7. The number of sulfonamides is 1. The van der Waals surface area contributed by atoms with Crippen LogP contribution in [0.25, 0.3) is 0 Å². The lowest BCUT2D eigenvalue weighted by Crippen LogP contribution is -2.29. The van der Waals surface area contributed by atoms with Gasteiger partial charge in [0.25, 0.3) is 0 Å². The van der Waals surface area contributed by atoms with Gasteiger partial charge in [0.2, 0.25) is 10.0 Å². The van der Waals surface area contributed by atoms with E-state index in [0.29, 0.717) is 12.1 Å². The van der Waals surface area contributed by atoms with Crippen molar-refractivity contribution < 1.29 is 30.4 Å². The maximum atomic E-state index is 13.3. The monoisotopic (exact) mass is 304 g/mol. The minimum Gasteiger partial charge on any atom is -0.399 e. The van der Waals surface area contributed by atoms with Crippen molar-refractivity contribution in [3.8, 4) is 0 Å². The molecule has 0 aliphatic rings. The Bertz CT molecular complexity index is 547. The average Bonchev–Trinajstić information content (AvgIpc) is 2.11. The van der Waals surface area contributed by atoms with E-state index in [4.69, 9.17) is 5.73 Å². The van der Waals surface area contributed by atoms with Crippen molar-refractivity contribution in [2.75, 3.05) is 12.3 Å². The quantitative estimate of drug-likeness (QED) is 0.658. The third-order valence-corrected chi connectivity index (χ3v) is 3.50. The summed E-state index contributed by atoms with van der Waals surface area (Å²) in [5, 5.41) is 0. The van der Waals surface area contributed by atoms with Crippen molar-refractivity contribution in [1.29, 1.82) is 0 Å². The fourth-order valence-corrected chi connectivity index (χ4v) is 2.38. The largest absolute Gasteiger partial charge is 0.399 e. The first-order valence-electron chi connectivity index (χ1n) is 4.84. The average molecular weight is 304 g/mol. The number of benzene rings is 1. The molecule has 0 bridgehead atoms. The highest BCUT2D eigenvalue weighted by atomic mass is 32.2. The van der Waals surface area contributed by atoms with E-state index in [1.807, 2.05) is 0 Å². The van der Waals surface area contributed by atoms with E-state index in [0.717, 1.165) is 0 Å². The van der Waals surface area contributed by atoms with Gasteiger partial charge in [-0.25, -0.2) is 21.9 Å². The third kappa shape index (κ3) is 4.31. The molecule has 0 heterocycles. The summed E-state index contributed by atoms with van der Waals surface area (Å²) in [4.78, 5) is -1.36. The topological polar surface area (TPSA) is 72.2 Å². The molecule has 1 aromatic rings. The zero-order chi connectivity index (χ0) is 14.8. The van der Waals surface area contributed by atoms with Crippen LogP contribution in [0, 0.1) is 11.6 Å². The van der Waals surface area contributed by atoms with E-state index in [1.54, 1.807) is 0 Å². The zero-order valence-electron chi connectivity index (χ0n) is 9.26. The van der Waals surface area contributed by atoms with Gasteiger partial charge in [-0.1, -0.05) is 0 Å². The van der Waals surface area contributed by atoms with Gasteiger partial charge < -0.3 is 5.73 Å². The number of hydrogen-bond acceptors (Lipinski definition) is 3. The van der Waals surface area contributed by atoms with Gasteiger partial charge in [0.15, 0.2) is 4.90 Å². The highest BCUT2D eigenvalue weighted by Crippen LogP contribution is 2.22. The summed E-state index contributed by atoms with van der Waals surface area (Å²) in [7, 11) is -4.72. The highest BCUT2D eigenvalue weighted by Gasteiger charge is 2.29. The van der Waals surface area contributed by atoms with Crippen LogP contribution in [-0.4, -0.2) is 21.1 Å². The molecule has 19 heavy (non-hydrogen) atoms. The summed E-state index contributed by atoms with van der Waals surface area (Å²) in [5.41, 5.74) is 4.74. The maximum Gasteiger partial charge on any atom is 0.390 e. The van der Waals surface area contributed by atoms with Crippen molar-refractivity contribution in [2.24, 2.45) is 0 Å². The molecular formula is C9H9F5N2O2S. The second kappa shape index (κ2) is 5.29. The molecule has 0 aliphatic heterocycles. The maximum absolute atomic E-state index is 13.3. The van der Waals surface area contributed by atoms with Crippen LogP contribution in [0.15, 0.2) is 17.0 Å². The van der Waals surface area contributed by atoms with Crippen LogP contribution in [0.5, 0.6) is 0 Å². The van der Waals surface area contributed by atoms with Gasteiger partial charge in [-0.2, -0.15) is 13.2 Å². The summed E-state index contributed by atoms with van der Waals surface area (Å²) in [6, 6.07) is 1.11. The van der Waals surface area contributed by atoms with Crippen molar-refractivity contribution in [3.63, 3.8) is 0 Å². The van der Waals surface area contributed by atoms with Gasteiger partial charge >= 0.3 is 6.18 Å². The van der Waals surface area contributed by atoms with E-state index in [1.165, 1.54) is 4.72 Å². The van der Waals surface area contributed by atoms with E-state index in [-0.39, 0.29) is 5.69 Å². The van der Waals surface area contributed by atoms with Crippen molar-refractivity contribution in [2.45, 2.75) is 17.5 Å². The number of rotatable bonds is 4. The Morgan fingerprint density at radius 1 is 1.16 bits per heavy atom. The molecule has 10 heteroatoms. The van der Waals surface area contributed by atoms with Crippen molar-refractivity contribution >= 4 is 15.7 Å². The Hall–Kier alpha value is -1.42. The molecule has 0 aliphatic carbocycles. The molecule has 1 aromatic carbocycles. The molecule has 0 saturated carbocycles. The first kappa shape index (κ1) is 15.6. The second-order valence-electron chi connectivity index (χ2n) is 3.58. The van der Waals surface area contributed by atoms with E-state index >= 15 is 0 Å². The standard InChI is InChI=1S/C9H9F5N2O2S/c10-6-3-5(15)4-7(11)8(6)19(17,18)16-2-1-9(12,13)14/h3-4,16H,1-2,15H2. The molecule has 1 rings (SSSR count). The third-order valence-electron chi connectivity index (χ3n) is 1.99. The molecule has 0 fully saturated rings. The van der Waals surface area contributed by atoms with Gasteiger partial charge in [0.05, 0.1) is 6.42 Å². The summed E-state index contributed by atoms with van der Waals surface area (Å²) in [6.07, 6.45) is -6.04. The lowest BCUT2D eigenvalue weighted by Gasteiger charge is -2.10. The fourth-order valence-electron chi connectivity index (χ4n) is 1.24. The Balaban J connectivity index is 2.96. The Morgan fingerprint density at radius 2 is 1.63 bits per heavy atom. The van der Waals surface area contributed by atoms with Crippen LogP contribution in [0.3, 0.4) is 0 Å². The lowest BCUT2D eigenvalue weighted by molar-refractivity contribution is -0.132. The number of nitrogens with two attached hydrogens (primary N) is 1. The fraction of sp³-hybridized carbons (Fsp3) is 0.333. The molecule has 0 aromatic heterocycles. The van der Waals surface area contributed by atoms with Crippen LogP contribution < -0.4 is 10.5 Å². The summed E-state index contributed by atoms with van der Waals surface area (Å²) >= 11 is 0. The smallest absolute Gasteiger partial charge is 0.390 e. The van der Waals surface area contributed by atoms with E-state index < -0.39 is 45.7 Å². The molecule has 3 N–H and O–H groups in total. The molecule has 0 unspecified atom stereocenters. The molecule has 0 atom stereocenters. The van der Waals surface area contributed by atoms with Crippen LogP contribution in [0.1, 0.15) is 6.42 Å². The number of alkyl halides is 3. The summed E-state index contributed by atoms with van der Waals surface area (Å²) in [5.74, 6) is -2.95. The first-order chi connectivity index (χ1) is 8.53. The van der Waals surface area contributed by atoms with E-state index in [9.17, 15) is 30.4 Å². The number of halogens is 5. The van der Waals surface area contributed by atoms with Crippen LogP contribution in [-0.2, 0) is 10.0 Å². The number of anilines is 1. The predicted octanol–water partition coefficient (Wildman–Crippen LogP) is 1.78. The zero-order valence-corrected chi connectivity index (χ0v) is 10.1. The van der Waals surface area contributed by atoms with Gasteiger partial charge in [-0.05, 0) is 12.1 Å². The number of nitrogen functional groups attached to an aromatic ring is 1. The Labute approximate surface area is 105 Å². The molecule has 108 valence electrons. The van der Waals surface area contributed by atoms with Crippen LogP contribution in [0.2, 0.25) is 0 Å². The second-order valence-corrected chi connectivity index (χ2v) is 5.28. The first-order valence-corrected chi connectivity index (χ1v) is 6.32. The molecule has 0 saturated heterocycles. The number of hydrogen-bond donors (Lipinski definition) is 2. The van der Waals surface area contributed by atoms with E-state index in [2.05, 4.69) is 0 Å². The van der Waals surface area contributed by atoms with Gasteiger partial charge in [0, 0.05) is 12.2 Å². The van der Waals surface area contributed by atoms with Crippen molar-refractivity contribution in [3.05, 3.63) is 23.8 Å². The molecule has 0 amide bonds. The van der Waals surface area contributed by atoms with Crippen molar-refractivity contribution in [1.82, 2.24) is 4.72 Å². The lowest BCUT2D eigenvalue weighted by atomic mass is 10.3.